The number of nitrogens with zero attached hydrogens (tertiary/aromatic N) is 2. The van der Waals surface area contributed by atoms with Crippen molar-refractivity contribution in [2.75, 3.05) is 26.2 Å². The van der Waals surface area contributed by atoms with Crippen molar-refractivity contribution < 1.29 is 23.1 Å². The second-order valence-electron chi connectivity index (χ2n) is 7.16. The number of aliphatic carboxylic acids is 1. The molecule has 1 N–H and O–H groups in total. The predicted molar refractivity (Wildman–Crippen MR) is 102 cm³/mol. The van der Waals surface area contributed by atoms with Crippen molar-refractivity contribution in [3.8, 4) is 0 Å². The lowest BCUT2D eigenvalue weighted by molar-refractivity contribution is -0.147. The van der Waals surface area contributed by atoms with Crippen LogP contribution >= 0.6 is 0 Å². The molecule has 1 aliphatic rings. The Hall–Kier alpha value is -1.93. The van der Waals surface area contributed by atoms with Crippen LogP contribution in [0.25, 0.3) is 0 Å². The Morgan fingerprint density at radius 1 is 1.19 bits per heavy atom. The maximum atomic E-state index is 12.5. The quantitative estimate of drug-likeness (QED) is 0.725. The van der Waals surface area contributed by atoms with E-state index in [0.717, 1.165) is 5.56 Å². The molecule has 1 aromatic carbocycles. The van der Waals surface area contributed by atoms with Crippen LogP contribution in [0.15, 0.2) is 29.2 Å². The molecule has 1 atom stereocenters. The molecule has 0 spiro atoms. The molecule has 0 bridgehead atoms. The van der Waals surface area contributed by atoms with Gasteiger partial charge in [-0.15, -0.1) is 0 Å². The van der Waals surface area contributed by atoms with Gasteiger partial charge < -0.3 is 10.0 Å². The number of rotatable bonds is 8. The van der Waals surface area contributed by atoms with Gasteiger partial charge in [0, 0.05) is 32.6 Å². The molecule has 2 rings (SSSR count). The first-order chi connectivity index (χ1) is 12.6. The second-order valence-corrected chi connectivity index (χ2v) is 9.10. The van der Waals surface area contributed by atoms with Crippen molar-refractivity contribution in [3.05, 3.63) is 29.8 Å². The molecule has 7 nitrogen and oxygen atoms in total. The van der Waals surface area contributed by atoms with Gasteiger partial charge in [-0.1, -0.05) is 26.0 Å². The number of sulfonamides is 1. The van der Waals surface area contributed by atoms with E-state index >= 15 is 0 Å². The van der Waals surface area contributed by atoms with E-state index in [-0.39, 0.29) is 23.8 Å². The van der Waals surface area contributed by atoms with Crippen LogP contribution in [0.1, 0.15) is 39.2 Å². The van der Waals surface area contributed by atoms with Gasteiger partial charge in [-0.3, -0.25) is 9.59 Å². The summed E-state index contributed by atoms with van der Waals surface area (Å²) < 4.78 is 26.4. The number of carboxylic acid groups (broad SMARTS) is 1. The summed E-state index contributed by atoms with van der Waals surface area (Å²) in [6, 6.07) is 6.61. The molecule has 0 saturated carbocycles. The minimum absolute atomic E-state index is 0.0696. The summed E-state index contributed by atoms with van der Waals surface area (Å²) in [5.74, 6) is -0.942. The number of hydrogen-bond acceptors (Lipinski definition) is 4. The molecule has 8 heteroatoms. The number of amides is 1. The Balaban J connectivity index is 1.96. The summed E-state index contributed by atoms with van der Waals surface area (Å²) in [6.07, 6.45) is 1.23. The van der Waals surface area contributed by atoms with Gasteiger partial charge in [-0.25, -0.2) is 8.42 Å². The van der Waals surface area contributed by atoms with Crippen molar-refractivity contribution in [2.24, 2.45) is 5.41 Å². The third kappa shape index (κ3) is 4.68. The largest absolute Gasteiger partial charge is 0.481 e. The average Bonchev–Trinajstić information content (AvgIpc) is 3.05. The highest BCUT2D eigenvalue weighted by Gasteiger charge is 2.41. The molecule has 1 fully saturated rings. The standard InChI is InChI=1S/C19H28N2O5S/c1-4-21(5-2)27(25,26)16-9-6-15(7-10-16)8-11-17(22)20-13-12-19(3,14-20)18(23)24/h6-7,9-10H,4-5,8,11-14H2,1-3H3,(H,23,24). The zero-order chi connectivity index (χ0) is 20.2. The maximum Gasteiger partial charge on any atom is 0.311 e. The van der Waals surface area contributed by atoms with Gasteiger partial charge in [-0.2, -0.15) is 4.31 Å². The molecule has 1 unspecified atom stereocenters. The Labute approximate surface area is 161 Å². The lowest BCUT2D eigenvalue weighted by atomic mass is 9.90. The van der Waals surface area contributed by atoms with E-state index < -0.39 is 21.4 Å². The fourth-order valence-electron chi connectivity index (χ4n) is 3.30. The number of benzene rings is 1. The number of likely N-dealkylation sites (tertiary alicyclic amines) is 1. The molecule has 1 amide bonds. The molecule has 0 aromatic heterocycles. The fraction of sp³-hybridized carbons (Fsp3) is 0.579. The summed E-state index contributed by atoms with van der Waals surface area (Å²) in [7, 11) is -3.48. The van der Waals surface area contributed by atoms with Gasteiger partial charge in [0.2, 0.25) is 15.9 Å². The van der Waals surface area contributed by atoms with Crippen LogP contribution in [0, 0.1) is 5.41 Å². The molecule has 150 valence electrons. The van der Waals surface area contributed by atoms with Crippen LogP contribution < -0.4 is 0 Å². The molecule has 1 heterocycles. The van der Waals surface area contributed by atoms with E-state index in [4.69, 9.17) is 0 Å². The van der Waals surface area contributed by atoms with Crippen molar-refractivity contribution >= 4 is 21.9 Å². The third-order valence-corrected chi connectivity index (χ3v) is 7.30. The number of hydrogen-bond donors (Lipinski definition) is 1. The predicted octanol–water partition coefficient (Wildman–Crippen LogP) is 1.97. The number of carboxylic acids is 1. The average molecular weight is 397 g/mol. The Kier molecular flexibility index (Phi) is 6.64. The van der Waals surface area contributed by atoms with Crippen LogP contribution in [0.3, 0.4) is 0 Å². The van der Waals surface area contributed by atoms with Gasteiger partial charge >= 0.3 is 5.97 Å². The van der Waals surface area contributed by atoms with Crippen LogP contribution in [-0.2, 0) is 26.0 Å². The highest BCUT2D eigenvalue weighted by Crippen LogP contribution is 2.30. The normalized spacial score (nSPS) is 20.2. The maximum absolute atomic E-state index is 12.5. The minimum Gasteiger partial charge on any atom is -0.481 e. The van der Waals surface area contributed by atoms with Gasteiger partial charge in [0.05, 0.1) is 10.3 Å². The van der Waals surface area contributed by atoms with Gasteiger partial charge in [0.1, 0.15) is 0 Å². The first kappa shape index (κ1) is 21.4. The summed E-state index contributed by atoms with van der Waals surface area (Å²) in [4.78, 5) is 25.5. The lowest BCUT2D eigenvalue weighted by Gasteiger charge is -2.20. The lowest BCUT2D eigenvalue weighted by Crippen LogP contribution is -2.34. The van der Waals surface area contributed by atoms with Gasteiger partial charge in [0.25, 0.3) is 0 Å². The summed E-state index contributed by atoms with van der Waals surface area (Å²) >= 11 is 0. The Morgan fingerprint density at radius 2 is 1.78 bits per heavy atom. The summed E-state index contributed by atoms with van der Waals surface area (Å²) in [6.45, 7) is 6.80. The van der Waals surface area contributed by atoms with E-state index in [9.17, 15) is 23.1 Å². The van der Waals surface area contributed by atoms with Gasteiger partial charge in [0.15, 0.2) is 0 Å². The monoisotopic (exact) mass is 396 g/mol. The number of carbonyl (C=O) groups is 2. The summed E-state index contributed by atoms with van der Waals surface area (Å²) in [5.41, 5.74) is 0.0119. The van der Waals surface area contributed by atoms with E-state index in [2.05, 4.69) is 0 Å². The minimum atomic E-state index is -3.48. The van der Waals surface area contributed by atoms with Crippen LogP contribution in [0.2, 0.25) is 0 Å². The molecule has 0 aliphatic carbocycles. The molecule has 0 radical (unpaired) electrons. The van der Waals surface area contributed by atoms with E-state index in [1.165, 1.54) is 4.31 Å². The van der Waals surface area contributed by atoms with Crippen molar-refractivity contribution in [1.29, 1.82) is 0 Å². The van der Waals surface area contributed by atoms with Gasteiger partial charge in [-0.05, 0) is 37.5 Å². The highest BCUT2D eigenvalue weighted by atomic mass is 32.2. The number of carbonyl (C=O) groups excluding carboxylic acids is 1. The molecular formula is C19H28N2O5S. The zero-order valence-corrected chi connectivity index (χ0v) is 17.0. The van der Waals surface area contributed by atoms with Crippen molar-refractivity contribution in [1.82, 2.24) is 9.21 Å². The molecular weight excluding hydrogens is 368 g/mol. The molecule has 1 aromatic rings. The first-order valence-electron chi connectivity index (χ1n) is 9.24. The third-order valence-electron chi connectivity index (χ3n) is 5.24. The smallest absolute Gasteiger partial charge is 0.311 e. The fourth-order valence-corrected chi connectivity index (χ4v) is 4.76. The van der Waals surface area contributed by atoms with Crippen LogP contribution in [0.4, 0.5) is 0 Å². The molecule has 1 saturated heterocycles. The van der Waals surface area contributed by atoms with Crippen molar-refractivity contribution in [3.63, 3.8) is 0 Å². The second kappa shape index (κ2) is 8.39. The van der Waals surface area contributed by atoms with E-state index in [0.29, 0.717) is 32.5 Å². The zero-order valence-electron chi connectivity index (χ0n) is 16.1. The topological polar surface area (TPSA) is 95.0 Å². The Morgan fingerprint density at radius 3 is 2.26 bits per heavy atom. The van der Waals surface area contributed by atoms with Crippen molar-refractivity contribution in [2.45, 2.75) is 44.9 Å². The first-order valence-corrected chi connectivity index (χ1v) is 10.7. The summed E-state index contributed by atoms with van der Waals surface area (Å²) in [5, 5.41) is 9.26. The Bertz CT molecular complexity index is 787. The molecule has 1 aliphatic heterocycles. The van der Waals surface area contributed by atoms with E-state index in [1.807, 2.05) is 0 Å². The van der Waals surface area contributed by atoms with Crippen LogP contribution in [-0.4, -0.2) is 60.8 Å². The SMILES string of the molecule is CCN(CC)S(=O)(=O)c1ccc(CCC(=O)N2CCC(C)(C(=O)O)C2)cc1. The van der Waals surface area contributed by atoms with Crippen LogP contribution in [0.5, 0.6) is 0 Å². The highest BCUT2D eigenvalue weighted by molar-refractivity contribution is 7.89. The van der Waals surface area contributed by atoms with E-state index in [1.54, 1.807) is 49.9 Å². The number of aryl methyl sites for hydroxylation is 1. The molecule has 27 heavy (non-hydrogen) atoms.